The number of anilines is 1. The van der Waals surface area contributed by atoms with Crippen molar-refractivity contribution < 1.29 is 18.0 Å². The molecule has 1 atom stereocenters. The number of nitrogens with one attached hydrogen (secondary N) is 2. The minimum absolute atomic E-state index is 0.0488. The van der Waals surface area contributed by atoms with Crippen molar-refractivity contribution in [3.63, 3.8) is 0 Å². The highest BCUT2D eigenvalue weighted by molar-refractivity contribution is 8.16. The SMILES string of the molecule is Cc1c(Cl)cccc1S(=O)(=O)/N=C1\NC(=O)C(CC(=O)Nc2ccccc2Cl)S1. The standard InChI is InChI=1S/C18H15Cl2N3O4S2/c1-10-11(19)6-4-8-15(10)29(26,27)23-18-22-17(25)14(28-18)9-16(24)21-13-7-3-2-5-12(13)20/h2-8,14H,9H2,1H3,(H,21,24)(H,22,23,25). The first-order valence-corrected chi connectivity index (χ1v) is 11.4. The Morgan fingerprint density at radius 2 is 1.86 bits per heavy atom. The molecule has 1 aliphatic heterocycles. The van der Waals surface area contributed by atoms with Crippen LogP contribution in [0.15, 0.2) is 51.8 Å². The van der Waals surface area contributed by atoms with Crippen molar-refractivity contribution >= 4 is 67.7 Å². The molecule has 1 saturated heterocycles. The number of halogens is 2. The molecule has 0 aromatic heterocycles. The third kappa shape index (κ3) is 5.11. The topological polar surface area (TPSA) is 105 Å². The van der Waals surface area contributed by atoms with E-state index in [4.69, 9.17) is 23.2 Å². The van der Waals surface area contributed by atoms with Crippen LogP contribution in [0.25, 0.3) is 0 Å². The normalized spacial score (nSPS) is 18.0. The molecule has 11 heteroatoms. The predicted octanol–water partition coefficient (Wildman–Crippen LogP) is 3.61. The highest BCUT2D eigenvalue weighted by Crippen LogP contribution is 2.28. The molecule has 1 fully saturated rings. The number of amides is 2. The van der Waals surface area contributed by atoms with Crippen LogP contribution in [0.5, 0.6) is 0 Å². The Morgan fingerprint density at radius 3 is 2.59 bits per heavy atom. The number of benzene rings is 2. The zero-order valence-corrected chi connectivity index (χ0v) is 18.1. The average molecular weight is 472 g/mol. The quantitative estimate of drug-likeness (QED) is 0.692. The van der Waals surface area contributed by atoms with Crippen molar-refractivity contribution in [3.8, 4) is 0 Å². The van der Waals surface area contributed by atoms with E-state index in [1.807, 2.05) is 0 Å². The highest BCUT2D eigenvalue weighted by atomic mass is 35.5. The second kappa shape index (κ2) is 8.74. The maximum atomic E-state index is 12.6. The van der Waals surface area contributed by atoms with Crippen molar-refractivity contribution in [2.45, 2.75) is 23.5 Å². The first kappa shape index (κ1) is 21.6. The van der Waals surface area contributed by atoms with Crippen LogP contribution in [-0.4, -0.2) is 30.6 Å². The molecule has 0 aliphatic carbocycles. The van der Waals surface area contributed by atoms with Gasteiger partial charge < -0.3 is 10.6 Å². The van der Waals surface area contributed by atoms with E-state index in [9.17, 15) is 18.0 Å². The van der Waals surface area contributed by atoms with Crippen LogP contribution in [0, 0.1) is 6.92 Å². The largest absolute Gasteiger partial charge is 0.325 e. The second-order valence-corrected chi connectivity index (χ2v) is 9.64. The minimum atomic E-state index is -4.08. The van der Waals surface area contributed by atoms with Gasteiger partial charge in [-0.05, 0) is 36.8 Å². The number of para-hydroxylation sites is 1. The first-order chi connectivity index (χ1) is 13.7. The summed E-state index contributed by atoms with van der Waals surface area (Å²) >= 11 is 12.8. The molecule has 2 aromatic rings. The molecule has 1 aliphatic rings. The van der Waals surface area contributed by atoms with Crippen LogP contribution in [0.2, 0.25) is 10.0 Å². The van der Waals surface area contributed by atoms with Crippen LogP contribution in [0.4, 0.5) is 5.69 Å². The van der Waals surface area contributed by atoms with Crippen LogP contribution in [0.3, 0.4) is 0 Å². The number of carbonyl (C=O) groups is 2. The van der Waals surface area contributed by atoms with Gasteiger partial charge in [-0.3, -0.25) is 9.59 Å². The fourth-order valence-corrected chi connectivity index (χ4v) is 5.36. The Hall–Kier alpha value is -2.07. The molecule has 2 aromatic carbocycles. The van der Waals surface area contributed by atoms with Gasteiger partial charge in [0.25, 0.3) is 10.0 Å². The third-order valence-electron chi connectivity index (χ3n) is 3.99. The Balaban J connectivity index is 1.72. The van der Waals surface area contributed by atoms with Crippen LogP contribution in [-0.2, 0) is 19.6 Å². The van der Waals surface area contributed by atoms with E-state index >= 15 is 0 Å². The molecule has 2 amide bonds. The summed E-state index contributed by atoms with van der Waals surface area (Å²) in [5.74, 6) is -0.929. The van der Waals surface area contributed by atoms with Gasteiger partial charge in [-0.15, -0.1) is 4.40 Å². The third-order valence-corrected chi connectivity index (χ3v) is 7.35. The maximum absolute atomic E-state index is 12.6. The lowest BCUT2D eigenvalue weighted by atomic mass is 10.2. The number of sulfonamides is 1. The molecule has 0 radical (unpaired) electrons. The second-order valence-electron chi connectivity index (χ2n) is 6.06. The monoisotopic (exact) mass is 471 g/mol. The number of nitrogens with zero attached hydrogens (tertiary/aromatic N) is 1. The molecule has 2 N–H and O–H groups in total. The summed E-state index contributed by atoms with van der Waals surface area (Å²) in [6.07, 6.45) is -0.170. The Bertz CT molecular complexity index is 1120. The number of hydrogen-bond acceptors (Lipinski definition) is 5. The summed E-state index contributed by atoms with van der Waals surface area (Å²) in [6.45, 7) is 1.57. The highest BCUT2D eigenvalue weighted by Gasteiger charge is 2.33. The minimum Gasteiger partial charge on any atom is -0.325 e. The molecule has 29 heavy (non-hydrogen) atoms. The number of rotatable bonds is 5. The summed E-state index contributed by atoms with van der Waals surface area (Å²) in [4.78, 5) is 24.3. The van der Waals surface area contributed by atoms with E-state index in [0.717, 1.165) is 11.8 Å². The van der Waals surface area contributed by atoms with E-state index in [2.05, 4.69) is 15.0 Å². The van der Waals surface area contributed by atoms with Gasteiger partial charge in [-0.2, -0.15) is 8.42 Å². The molecular formula is C18H15Cl2N3O4S2. The van der Waals surface area contributed by atoms with Gasteiger partial charge in [-0.1, -0.05) is 53.2 Å². The van der Waals surface area contributed by atoms with Crippen LogP contribution >= 0.6 is 35.0 Å². The Morgan fingerprint density at radius 1 is 1.17 bits per heavy atom. The Labute approximate surface area is 181 Å². The zero-order chi connectivity index (χ0) is 21.2. The number of thioether (sulfide) groups is 1. The summed E-state index contributed by atoms with van der Waals surface area (Å²) in [5, 5.41) is 4.78. The lowest BCUT2D eigenvalue weighted by Crippen LogP contribution is -2.28. The Kier molecular flexibility index (Phi) is 6.52. The molecule has 0 spiro atoms. The van der Waals surface area contributed by atoms with Crippen molar-refractivity contribution in [1.29, 1.82) is 0 Å². The van der Waals surface area contributed by atoms with E-state index < -0.39 is 27.1 Å². The van der Waals surface area contributed by atoms with Gasteiger partial charge in [-0.25, -0.2) is 0 Å². The maximum Gasteiger partial charge on any atom is 0.285 e. The summed E-state index contributed by atoms with van der Waals surface area (Å²) in [6, 6.07) is 11.2. The molecule has 3 rings (SSSR count). The summed E-state index contributed by atoms with van der Waals surface area (Å²) in [7, 11) is -4.08. The van der Waals surface area contributed by atoms with E-state index in [0.29, 0.717) is 21.3 Å². The van der Waals surface area contributed by atoms with E-state index in [1.54, 1.807) is 37.3 Å². The van der Waals surface area contributed by atoms with Gasteiger partial charge in [0.05, 0.1) is 15.6 Å². The van der Waals surface area contributed by atoms with Gasteiger partial charge in [0.2, 0.25) is 11.8 Å². The molecule has 1 unspecified atom stereocenters. The fraction of sp³-hybridized carbons (Fsp3) is 0.167. The number of carbonyl (C=O) groups excluding carboxylic acids is 2. The molecule has 152 valence electrons. The molecule has 1 heterocycles. The molecule has 7 nitrogen and oxygen atoms in total. The van der Waals surface area contributed by atoms with Crippen molar-refractivity contribution in [3.05, 3.63) is 58.1 Å². The predicted molar refractivity (Wildman–Crippen MR) is 115 cm³/mol. The molecule has 0 saturated carbocycles. The zero-order valence-electron chi connectivity index (χ0n) is 15.0. The van der Waals surface area contributed by atoms with Gasteiger partial charge in [0.1, 0.15) is 5.25 Å². The average Bonchev–Trinajstić information content (AvgIpc) is 2.97. The smallest absolute Gasteiger partial charge is 0.285 e. The van der Waals surface area contributed by atoms with Gasteiger partial charge in [0, 0.05) is 11.4 Å². The van der Waals surface area contributed by atoms with Gasteiger partial charge in [0.15, 0.2) is 5.17 Å². The molecular weight excluding hydrogens is 457 g/mol. The lowest BCUT2D eigenvalue weighted by Gasteiger charge is -2.08. The van der Waals surface area contributed by atoms with Crippen LogP contribution < -0.4 is 10.6 Å². The van der Waals surface area contributed by atoms with Gasteiger partial charge >= 0.3 is 0 Å². The van der Waals surface area contributed by atoms with E-state index in [1.165, 1.54) is 12.1 Å². The van der Waals surface area contributed by atoms with Crippen molar-refractivity contribution in [2.24, 2.45) is 4.40 Å². The van der Waals surface area contributed by atoms with Crippen molar-refractivity contribution in [2.75, 3.05) is 5.32 Å². The fourth-order valence-electron chi connectivity index (χ4n) is 2.54. The number of amidine groups is 1. The lowest BCUT2D eigenvalue weighted by molar-refractivity contribution is -0.122. The first-order valence-electron chi connectivity index (χ1n) is 8.29. The number of hydrogen-bond donors (Lipinski definition) is 2. The molecule has 0 bridgehead atoms. The van der Waals surface area contributed by atoms with Crippen molar-refractivity contribution in [1.82, 2.24) is 5.32 Å². The van der Waals surface area contributed by atoms with E-state index in [-0.39, 0.29) is 16.5 Å². The summed E-state index contributed by atoms with van der Waals surface area (Å²) in [5.41, 5.74) is 0.791. The summed E-state index contributed by atoms with van der Waals surface area (Å²) < 4.78 is 28.8. The van der Waals surface area contributed by atoms with Crippen LogP contribution in [0.1, 0.15) is 12.0 Å².